The van der Waals surface area contributed by atoms with Crippen LogP contribution in [0.25, 0.3) is 0 Å². The molecule has 0 radical (unpaired) electrons. The fraction of sp³-hybridized carbons (Fsp3) is 0.316. The SMILES string of the molecule is CCOc1cc(C(=O)O)ccc1N(Cc1cc(C2CC2)cc(C2CC2)c1)C(=O)CN(Cc1ccccc1C(F)(F)F)S(=O)(=O)c1c(F)c(F)c(F)c(F)c1Cl. The van der Waals surface area contributed by atoms with Crippen molar-refractivity contribution in [2.45, 2.75) is 68.6 Å². The van der Waals surface area contributed by atoms with Crippen LogP contribution in [0.2, 0.25) is 5.02 Å². The van der Waals surface area contributed by atoms with E-state index in [1.807, 2.05) is 12.1 Å². The first-order valence-corrected chi connectivity index (χ1v) is 18.8. The number of sulfonamides is 1. The Balaban J connectivity index is 1.50. The molecule has 0 bridgehead atoms. The lowest BCUT2D eigenvalue weighted by Crippen LogP contribution is -2.43. The molecule has 0 aromatic heterocycles. The van der Waals surface area contributed by atoms with Gasteiger partial charge in [0.1, 0.15) is 15.7 Å². The van der Waals surface area contributed by atoms with E-state index in [0.717, 1.165) is 72.0 Å². The van der Waals surface area contributed by atoms with Crippen molar-refractivity contribution in [1.82, 2.24) is 4.31 Å². The number of nitrogens with zero attached hydrogens (tertiary/aromatic N) is 2. The molecule has 1 amide bonds. The maximum Gasteiger partial charge on any atom is 0.416 e. The standard InChI is InChI=1S/C38H32ClF7N2O6S/c1-2-54-29-16-23(37(50)51)11-12-28(29)48(17-20-13-25(21-7-8-21)15-26(14-20)22-9-10-22)30(49)19-47(18-24-5-3-4-6-27(24)38(44,45)46)55(52,53)36-31(39)32(40)33(41)34(42)35(36)43/h3-6,11-16,21-22H,2,7-10,17-19H2,1H3,(H,50,51). The third-order valence-electron chi connectivity index (χ3n) is 9.32. The van der Waals surface area contributed by atoms with E-state index in [4.69, 9.17) is 16.3 Å². The molecular formula is C38H32ClF7N2O6S. The summed E-state index contributed by atoms with van der Waals surface area (Å²) in [5, 5.41) is 7.92. The maximum absolute atomic E-state index is 15.3. The minimum atomic E-state index is -5.77. The molecule has 55 heavy (non-hydrogen) atoms. The minimum Gasteiger partial charge on any atom is -0.492 e. The number of hydrogen-bond donors (Lipinski definition) is 1. The van der Waals surface area contributed by atoms with Crippen LogP contribution in [0.5, 0.6) is 5.75 Å². The highest BCUT2D eigenvalue weighted by Gasteiger charge is 2.40. The number of aromatic carboxylic acids is 1. The summed E-state index contributed by atoms with van der Waals surface area (Å²) in [5.41, 5.74) is 0.244. The number of alkyl halides is 3. The highest BCUT2D eigenvalue weighted by molar-refractivity contribution is 7.89. The van der Waals surface area contributed by atoms with Gasteiger partial charge in [-0.15, -0.1) is 0 Å². The first kappa shape index (κ1) is 40.0. The molecule has 2 saturated carbocycles. The van der Waals surface area contributed by atoms with Crippen molar-refractivity contribution in [2.24, 2.45) is 0 Å². The fourth-order valence-corrected chi connectivity index (χ4v) is 8.24. The van der Waals surface area contributed by atoms with Gasteiger partial charge in [-0.05, 0) is 91.0 Å². The Kier molecular flexibility index (Phi) is 11.2. The number of rotatable bonds is 14. The minimum absolute atomic E-state index is 0.0186. The molecule has 0 unspecified atom stereocenters. The van der Waals surface area contributed by atoms with Gasteiger partial charge < -0.3 is 14.7 Å². The quantitative estimate of drug-likeness (QED) is 0.0774. The number of carboxylic acids is 1. The number of anilines is 1. The molecule has 6 rings (SSSR count). The number of ether oxygens (including phenoxy) is 1. The molecule has 2 fully saturated rings. The topological polar surface area (TPSA) is 104 Å². The predicted molar refractivity (Wildman–Crippen MR) is 186 cm³/mol. The van der Waals surface area contributed by atoms with Crippen LogP contribution in [0.15, 0.2) is 65.6 Å². The van der Waals surface area contributed by atoms with Gasteiger partial charge in [0.25, 0.3) is 0 Å². The van der Waals surface area contributed by atoms with Crippen LogP contribution < -0.4 is 9.64 Å². The van der Waals surface area contributed by atoms with Crippen molar-refractivity contribution >= 4 is 39.2 Å². The van der Waals surface area contributed by atoms with E-state index >= 15 is 4.39 Å². The molecule has 0 heterocycles. The van der Waals surface area contributed by atoms with Crippen LogP contribution in [0.3, 0.4) is 0 Å². The smallest absolute Gasteiger partial charge is 0.416 e. The van der Waals surface area contributed by atoms with Crippen LogP contribution in [-0.4, -0.2) is 42.9 Å². The number of hydrogen-bond acceptors (Lipinski definition) is 5. The van der Waals surface area contributed by atoms with E-state index in [1.165, 1.54) is 6.07 Å². The fourth-order valence-electron chi connectivity index (χ4n) is 6.30. The maximum atomic E-state index is 15.3. The summed E-state index contributed by atoms with van der Waals surface area (Å²) in [4.78, 5) is 25.5. The summed E-state index contributed by atoms with van der Waals surface area (Å²) in [6, 6.07) is 13.0. The molecule has 4 aromatic carbocycles. The Morgan fingerprint density at radius 2 is 1.45 bits per heavy atom. The summed E-state index contributed by atoms with van der Waals surface area (Å²) in [6.07, 6.45) is -1.29. The summed E-state index contributed by atoms with van der Waals surface area (Å²) in [5.74, 6) is -11.8. The van der Waals surface area contributed by atoms with Gasteiger partial charge in [-0.1, -0.05) is 48.0 Å². The van der Waals surface area contributed by atoms with Crippen molar-refractivity contribution in [3.63, 3.8) is 0 Å². The monoisotopic (exact) mass is 812 g/mol. The van der Waals surface area contributed by atoms with Gasteiger partial charge in [-0.25, -0.2) is 30.8 Å². The van der Waals surface area contributed by atoms with Crippen LogP contribution in [-0.2, 0) is 34.1 Å². The van der Waals surface area contributed by atoms with E-state index in [1.54, 1.807) is 6.92 Å². The molecule has 0 aliphatic heterocycles. The van der Waals surface area contributed by atoms with E-state index in [0.29, 0.717) is 11.6 Å². The lowest BCUT2D eigenvalue weighted by Gasteiger charge is -2.30. The third kappa shape index (κ3) is 8.45. The van der Waals surface area contributed by atoms with Gasteiger partial charge >= 0.3 is 12.1 Å². The first-order chi connectivity index (χ1) is 25.9. The predicted octanol–water partition coefficient (Wildman–Crippen LogP) is 9.19. The average Bonchev–Trinajstić information content (AvgIpc) is 4.06. The van der Waals surface area contributed by atoms with Crippen LogP contribution in [0, 0.1) is 23.3 Å². The molecule has 8 nitrogen and oxygen atoms in total. The summed E-state index contributed by atoms with van der Waals surface area (Å²) in [6.45, 7) is -1.40. The van der Waals surface area contributed by atoms with Gasteiger partial charge in [0.2, 0.25) is 15.9 Å². The number of carboxylic acid groups (broad SMARTS) is 1. The second-order valence-corrected chi connectivity index (χ2v) is 15.5. The van der Waals surface area contributed by atoms with Crippen molar-refractivity contribution < 1.29 is 58.6 Å². The summed E-state index contributed by atoms with van der Waals surface area (Å²) >= 11 is 5.73. The van der Waals surface area contributed by atoms with Crippen LogP contribution in [0.4, 0.5) is 36.4 Å². The molecule has 17 heteroatoms. The zero-order chi connectivity index (χ0) is 40.0. The van der Waals surface area contributed by atoms with E-state index in [9.17, 15) is 49.5 Å². The Labute approximate surface area is 316 Å². The largest absolute Gasteiger partial charge is 0.492 e. The van der Waals surface area contributed by atoms with Crippen molar-refractivity contribution in [1.29, 1.82) is 0 Å². The van der Waals surface area contributed by atoms with E-state index in [2.05, 4.69) is 6.07 Å². The van der Waals surface area contributed by atoms with Gasteiger partial charge in [0, 0.05) is 6.54 Å². The zero-order valence-electron chi connectivity index (χ0n) is 28.9. The molecule has 0 saturated heterocycles. The van der Waals surface area contributed by atoms with Crippen molar-refractivity contribution in [3.8, 4) is 5.75 Å². The van der Waals surface area contributed by atoms with Gasteiger partial charge in [0.15, 0.2) is 23.3 Å². The first-order valence-electron chi connectivity index (χ1n) is 17.0. The number of carbonyl (C=O) groups excluding carboxylic acids is 1. The Bertz CT molecular complexity index is 2220. The summed E-state index contributed by atoms with van der Waals surface area (Å²) in [7, 11) is -5.77. The Hall–Kier alpha value is -4.67. The second kappa shape index (κ2) is 15.5. The zero-order valence-corrected chi connectivity index (χ0v) is 30.5. The highest BCUT2D eigenvalue weighted by atomic mass is 35.5. The van der Waals surface area contributed by atoms with Gasteiger partial charge in [-0.2, -0.15) is 17.5 Å². The Morgan fingerprint density at radius 1 is 0.855 bits per heavy atom. The summed E-state index contributed by atoms with van der Waals surface area (Å²) < 4.78 is 135. The Morgan fingerprint density at radius 3 is 2.02 bits per heavy atom. The van der Waals surface area contributed by atoms with Gasteiger partial charge in [0.05, 0.1) is 36.5 Å². The van der Waals surface area contributed by atoms with Gasteiger partial charge in [-0.3, -0.25) is 4.79 Å². The number of carbonyl (C=O) groups is 2. The van der Waals surface area contributed by atoms with E-state index < -0.39 is 85.5 Å². The lowest BCUT2D eigenvalue weighted by atomic mass is 9.99. The lowest BCUT2D eigenvalue weighted by molar-refractivity contribution is -0.138. The molecule has 1 N–H and O–H groups in total. The number of halogens is 8. The van der Waals surface area contributed by atoms with E-state index in [-0.39, 0.29) is 46.3 Å². The van der Waals surface area contributed by atoms with Crippen LogP contribution in [0.1, 0.15) is 82.6 Å². The molecule has 292 valence electrons. The number of amides is 1. The second-order valence-electron chi connectivity index (χ2n) is 13.3. The normalized spacial score (nSPS) is 14.7. The number of benzene rings is 4. The molecule has 2 aliphatic rings. The van der Waals surface area contributed by atoms with Crippen LogP contribution >= 0.6 is 11.6 Å². The molecule has 0 atom stereocenters. The highest BCUT2D eigenvalue weighted by Crippen LogP contribution is 2.46. The molecule has 4 aromatic rings. The van der Waals surface area contributed by atoms with Crippen molar-refractivity contribution in [2.75, 3.05) is 18.1 Å². The molecule has 0 spiro atoms. The average molecular weight is 813 g/mol. The molecule has 2 aliphatic carbocycles. The third-order valence-corrected chi connectivity index (χ3v) is 11.6. The molecular weight excluding hydrogens is 781 g/mol. The van der Waals surface area contributed by atoms with Crippen molar-refractivity contribution in [3.05, 3.63) is 122 Å².